The molecule has 2 aliphatic heterocycles. The first-order chi connectivity index (χ1) is 5.47. The van der Waals surface area contributed by atoms with Gasteiger partial charge in [0.25, 0.3) is 0 Å². The molecule has 1 saturated heterocycles. The molecule has 3 heteroatoms. The van der Waals surface area contributed by atoms with Gasteiger partial charge in [-0.2, -0.15) is 0 Å². The zero-order chi connectivity index (χ0) is 7.52. The lowest BCUT2D eigenvalue weighted by atomic mass is 10.1. The van der Waals surface area contributed by atoms with Crippen molar-refractivity contribution in [3.05, 3.63) is 6.17 Å². The minimum atomic E-state index is 0.409. The molecule has 2 N–H and O–H groups in total. The first kappa shape index (κ1) is 7.25. The second kappa shape index (κ2) is 3.32. The van der Waals surface area contributed by atoms with Gasteiger partial charge in [0.1, 0.15) is 6.17 Å². The Hall–Kier alpha value is -0.410. The van der Waals surface area contributed by atoms with Gasteiger partial charge in [0.15, 0.2) is 0 Å². The van der Waals surface area contributed by atoms with Crippen molar-refractivity contribution >= 4 is 6.21 Å². The molecule has 0 aliphatic carbocycles. The predicted molar refractivity (Wildman–Crippen MR) is 45.4 cm³/mol. The summed E-state index contributed by atoms with van der Waals surface area (Å²) in [5.41, 5.74) is 0. The van der Waals surface area contributed by atoms with Crippen molar-refractivity contribution in [2.75, 3.05) is 13.1 Å². The fourth-order valence-corrected chi connectivity index (χ4v) is 1.59. The summed E-state index contributed by atoms with van der Waals surface area (Å²) in [6.45, 7) is 2.11. The molecule has 61 valence electrons. The molecule has 0 aromatic carbocycles. The fraction of sp³-hybridized carbons (Fsp3) is 0.750. The van der Waals surface area contributed by atoms with Crippen LogP contribution in [0.1, 0.15) is 19.3 Å². The topological polar surface area (TPSA) is 36.4 Å². The van der Waals surface area contributed by atoms with Gasteiger partial charge >= 0.3 is 0 Å². The van der Waals surface area contributed by atoms with E-state index in [2.05, 4.69) is 15.6 Å². The van der Waals surface area contributed by atoms with Crippen molar-refractivity contribution in [1.82, 2.24) is 10.6 Å². The van der Waals surface area contributed by atoms with Gasteiger partial charge in [0.2, 0.25) is 0 Å². The smallest absolute Gasteiger partial charge is 0.126 e. The van der Waals surface area contributed by atoms with E-state index in [9.17, 15) is 0 Å². The van der Waals surface area contributed by atoms with E-state index in [4.69, 9.17) is 0 Å². The Balaban J connectivity index is 1.91. The molecule has 3 nitrogen and oxygen atoms in total. The molecule has 0 bridgehead atoms. The lowest BCUT2D eigenvalue weighted by molar-refractivity contribution is 0.520. The van der Waals surface area contributed by atoms with Crippen molar-refractivity contribution in [3.63, 3.8) is 0 Å². The molecule has 2 rings (SSSR count). The van der Waals surface area contributed by atoms with Crippen LogP contribution in [-0.4, -0.2) is 25.3 Å². The van der Waals surface area contributed by atoms with E-state index in [1.807, 2.05) is 6.21 Å². The molecular formula is C8H14N3. The Bertz CT molecular complexity index is 149. The summed E-state index contributed by atoms with van der Waals surface area (Å²) in [7, 11) is 0. The number of hydrogen-bond acceptors (Lipinski definition) is 3. The van der Waals surface area contributed by atoms with Crippen LogP contribution < -0.4 is 10.6 Å². The third-order valence-corrected chi connectivity index (χ3v) is 2.19. The maximum Gasteiger partial charge on any atom is 0.126 e. The first-order valence-electron chi connectivity index (χ1n) is 4.33. The summed E-state index contributed by atoms with van der Waals surface area (Å²) >= 11 is 0. The largest absolute Gasteiger partial charge is 0.293 e. The normalized spacial score (nSPS) is 32.9. The number of nitrogens with zero attached hydrogens (tertiary/aromatic N) is 1. The van der Waals surface area contributed by atoms with Crippen molar-refractivity contribution in [1.29, 1.82) is 0 Å². The molecule has 1 radical (unpaired) electrons. The van der Waals surface area contributed by atoms with Crippen molar-refractivity contribution in [2.45, 2.75) is 25.3 Å². The van der Waals surface area contributed by atoms with E-state index in [-0.39, 0.29) is 0 Å². The van der Waals surface area contributed by atoms with Crippen LogP contribution in [0.3, 0.4) is 0 Å². The molecule has 0 amide bonds. The molecular weight excluding hydrogens is 138 g/mol. The average molecular weight is 152 g/mol. The fourth-order valence-electron chi connectivity index (χ4n) is 1.59. The predicted octanol–water partition coefficient (Wildman–Crippen LogP) is 0.292. The standard InChI is InChI=1S/C8H14N3/c1-2-4-9-7(3-1)8-10-5-6-11-8/h4,7,10-11H,1-3,5-6H2. The lowest BCUT2D eigenvalue weighted by Crippen LogP contribution is -2.33. The zero-order valence-corrected chi connectivity index (χ0v) is 6.64. The van der Waals surface area contributed by atoms with Gasteiger partial charge in [0.05, 0.1) is 6.04 Å². The van der Waals surface area contributed by atoms with Crippen LogP contribution in [0, 0.1) is 6.17 Å². The first-order valence-corrected chi connectivity index (χ1v) is 4.33. The summed E-state index contributed by atoms with van der Waals surface area (Å²) in [5.74, 6) is 0. The van der Waals surface area contributed by atoms with Crippen LogP contribution in [-0.2, 0) is 0 Å². The minimum Gasteiger partial charge on any atom is -0.293 e. The summed E-state index contributed by atoms with van der Waals surface area (Å²) in [6, 6.07) is 0.409. The maximum absolute atomic E-state index is 4.42. The van der Waals surface area contributed by atoms with Crippen LogP contribution in [0.25, 0.3) is 0 Å². The highest BCUT2D eigenvalue weighted by Gasteiger charge is 2.24. The van der Waals surface area contributed by atoms with Gasteiger partial charge in [-0.3, -0.25) is 15.6 Å². The third-order valence-electron chi connectivity index (χ3n) is 2.19. The summed E-state index contributed by atoms with van der Waals surface area (Å²) in [4.78, 5) is 4.42. The number of aliphatic imine (C=N–C) groups is 1. The van der Waals surface area contributed by atoms with E-state index in [0.29, 0.717) is 6.04 Å². The highest BCUT2D eigenvalue weighted by Crippen LogP contribution is 2.17. The highest BCUT2D eigenvalue weighted by molar-refractivity contribution is 5.58. The van der Waals surface area contributed by atoms with Crippen LogP contribution in [0.15, 0.2) is 4.99 Å². The van der Waals surface area contributed by atoms with E-state index >= 15 is 0 Å². The number of hydrogen-bond donors (Lipinski definition) is 2. The van der Waals surface area contributed by atoms with E-state index in [1.165, 1.54) is 19.0 Å². The van der Waals surface area contributed by atoms with Gasteiger partial charge in [0, 0.05) is 13.1 Å². The van der Waals surface area contributed by atoms with Gasteiger partial charge in [-0.1, -0.05) is 0 Å². The summed E-state index contributed by atoms with van der Waals surface area (Å²) < 4.78 is 0. The second-order valence-electron chi connectivity index (χ2n) is 3.05. The molecule has 0 aromatic rings. The Morgan fingerprint density at radius 1 is 1.36 bits per heavy atom. The lowest BCUT2D eigenvalue weighted by Gasteiger charge is -2.21. The van der Waals surface area contributed by atoms with E-state index in [0.717, 1.165) is 19.5 Å². The monoisotopic (exact) mass is 152 g/mol. The van der Waals surface area contributed by atoms with Crippen molar-refractivity contribution in [3.8, 4) is 0 Å². The van der Waals surface area contributed by atoms with Crippen LogP contribution in [0.2, 0.25) is 0 Å². The Labute approximate surface area is 67.3 Å². The Kier molecular flexibility index (Phi) is 2.19. The van der Waals surface area contributed by atoms with E-state index in [1.54, 1.807) is 0 Å². The van der Waals surface area contributed by atoms with E-state index < -0.39 is 0 Å². The Morgan fingerprint density at radius 3 is 2.82 bits per heavy atom. The van der Waals surface area contributed by atoms with Crippen LogP contribution in [0.5, 0.6) is 0 Å². The molecule has 0 saturated carbocycles. The van der Waals surface area contributed by atoms with Gasteiger partial charge in [-0.25, -0.2) is 0 Å². The molecule has 1 fully saturated rings. The molecule has 0 aromatic heterocycles. The second-order valence-corrected chi connectivity index (χ2v) is 3.05. The minimum absolute atomic E-state index is 0.409. The maximum atomic E-state index is 4.42. The van der Waals surface area contributed by atoms with Crippen molar-refractivity contribution < 1.29 is 0 Å². The molecule has 11 heavy (non-hydrogen) atoms. The van der Waals surface area contributed by atoms with Crippen molar-refractivity contribution in [2.24, 2.45) is 4.99 Å². The summed E-state index contributed by atoms with van der Waals surface area (Å²) in [6.07, 6.45) is 6.92. The van der Waals surface area contributed by atoms with Gasteiger partial charge in [-0.15, -0.1) is 0 Å². The molecule has 2 aliphatic rings. The third kappa shape index (κ3) is 1.60. The van der Waals surface area contributed by atoms with Gasteiger partial charge in [-0.05, 0) is 25.5 Å². The van der Waals surface area contributed by atoms with Gasteiger partial charge < -0.3 is 0 Å². The molecule has 2 heterocycles. The Morgan fingerprint density at radius 2 is 2.18 bits per heavy atom. The SMILES string of the molecule is C1=NC([C]2NCCN2)CCC1. The quantitative estimate of drug-likeness (QED) is 0.566. The number of nitrogens with one attached hydrogen (secondary N) is 2. The molecule has 1 unspecified atom stereocenters. The molecule has 0 spiro atoms. The molecule has 1 atom stereocenters. The zero-order valence-electron chi connectivity index (χ0n) is 6.64. The average Bonchev–Trinajstić information content (AvgIpc) is 2.58. The van der Waals surface area contributed by atoms with Crippen LogP contribution in [0.4, 0.5) is 0 Å². The highest BCUT2D eigenvalue weighted by atomic mass is 15.2. The number of rotatable bonds is 1. The summed E-state index contributed by atoms with van der Waals surface area (Å²) in [5, 5.41) is 6.64. The van der Waals surface area contributed by atoms with Crippen LogP contribution >= 0.6 is 0 Å².